The highest BCUT2D eigenvalue weighted by Crippen LogP contribution is 2.26. The molecule has 1 amide bonds. The molecule has 3 rings (SSSR count). The van der Waals surface area contributed by atoms with E-state index < -0.39 is 0 Å². The van der Waals surface area contributed by atoms with Crippen molar-refractivity contribution in [2.45, 2.75) is 24.7 Å². The minimum Gasteiger partial charge on any atom is -0.383 e. The second-order valence-electron chi connectivity index (χ2n) is 6.57. The third kappa shape index (κ3) is 5.65. The summed E-state index contributed by atoms with van der Waals surface area (Å²) in [5, 5.41) is 11.9. The normalized spacial score (nSPS) is 12.0. The molecule has 1 N–H and O–H groups in total. The SMILES string of the molecule is COCC(C)NC(=O)CSc1nnc(-c2ccccc2F)n1Cc1ccccc1. The maximum Gasteiger partial charge on any atom is 0.230 e. The van der Waals surface area contributed by atoms with Crippen molar-refractivity contribution >= 4 is 17.7 Å². The summed E-state index contributed by atoms with van der Waals surface area (Å²) in [6.45, 7) is 2.79. The van der Waals surface area contributed by atoms with E-state index in [1.54, 1.807) is 25.3 Å². The van der Waals surface area contributed by atoms with Gasteiger partial charge in [-0.05, 0) is 24.6 Å². The number of rotatable bonds is 9. The Morgan fingerprint density at radius 2 is 1.90 bits per heavy atom. The van der Waals surface area contributed by atoms with Crippen LogP contribution >= 0.6 is 11.8 Å². The first-order valence-corrected chi connectivity index (χ1v) is 10.2. The first-order valence-electron chi connectivity index (χ1n) is 9.21. The van der Waals surface area contributed by atoms with Gasteiger partial charge in [0, 0.05) is 13.2 Å². The van der Waals surface area contributed by atoms with Crippen molar-refractivity contribution in [3.05, 3.63) is 66.0 Å². The zero-order chi connectivity index (χ0) is 20.6. The summed E-state index contributed by atoms with van der Waals surface area (Å²) < 4.78 is 21.2. The van der Waals surface area contributed by atoms with Crippen LogP contribution in [0.1, 0.15) is 12.5 Å². The molecular formula is C21H23FN4O2S. The molecule has 1 unspecified atom stereocenters. The second-order valence-corrected chi connectivity index (χ2v) is 7.51. The Hall–Kier alpha value is -2.71. The fraction of sp³-hybridized carbons (Fsp3) is 0.286. The topological polar surface area (TPSA) is 69.0 Å². The number of nitrogens with one attached hydrogen (secondary N) is 1. The van der Waals surface area contributed by atoms with E-state index in [9.17, 15) is 9.18 Å². The Balaban J connectivity index is 1.83. The van der Waals surface area contributed by atoms with Crippen molar-refractivity contribution < 1.29 is 13.9 Å². The molecule has 0 bridgehead atoms. The van der Waals surface area contributed by atoms with Crippen LogP contribution in [0.3, 0.4) is 0 Å². The van der Waals surface area contributed by atoms with Crippen LogP contribution in [-0.2, 0) is 16.1 Å². The summed E-state index contributed by atoms with van der Waals surface area (Å²) in [7, 11) is 1.59. The van der Waals surface area contributed by atoms with Crippen LogP contribution < -0.4 is 5.32 Å². The van der Waals surface area contributed by atoms with E-state index in [4.69, 9.17) is 4.74 Å². The number of carbonyl (C=O) groups excluding carboxylic acids is 1. The van der Waals surface area contributed by atoms with E-state index in [-0.39, 0.29) is 23.5 Å². The van der Waals surface area contributed by atoms with Gasteiger partial charge in [-0.15, -0.1) is 10.2 Å². The molecule has 0 aliphatic heterocycles. The van der Waals surface area contributed by atoms with E-state index in [0.29, 0.717) is 29.7 Å². The summed E-state index contributed by atoms with van der Waals surface area (Å²) in [6.07, 6.45) is 0. The lowest BCUT2D eigenvalue weighted by Gasteiger charge is -2.13. The maximum absolute atomic E-state index is 14.4. The highest BCUT2D eigenvalue weighted by Gasteiger charge is 2.18. The predicted molar refractivity (Wildman–Crippen MR) is 111 cm³/mol. The lowest BCUT2D eigenvalue weighted by Crippen LogP contribution is -2.36. The molecule has 29 heavy (non-hydrogen) atoms. The van der Waals surface area contributed by atoms with E-state index >= 15 is 0 Å². The highest BCUT2D eigenvalue weighted by molar-refractivity contribution is 7.99. The minimum atomic E-state index is -0.364. The molecule has 3 aromatic rings. The molecular weight excluding hydrogens is 391 g/mol. The van der Waals surface area contributed by atoms with Crippen molar-refractivity contribution in [3.8, 4) is 11.4 Å². The number of nitrogens with zero attached hydrogens (tertiary/aromatic N) is 3. The van der Waals surface area contributed by atoms with Gasteiger partial charge in [-0.2, -0.15) is 0 Å². The fourth-order valence-electron chi connectivity index (χ4n) is 2.88. The van der Waals surface area contributed by atoms with E-state index in [2.05, 4.69) is 15.5 Å². The summed E-state index contributed by atoms with van der Waals surface area (Å²) in [5.41, 5.74) is 1.41. The zero-order valence-corrected chi connectivity index (χ0v) is 17.2. The molecule has 0 radical (unpaired) electrons. The fourth-order valence-corrected chi connectivity index (χ4v) is 3.63. The standard InChI is InChI=1S/C21H23FN4O2S/c1-15(13-28-2)23-19(27)14-29-21-25-24-20(17-10-6-7-11-18(17)22)26(21)12-16-8-4-3-5-9-16/h3-11,15H,12-14H2,1-2H3,(H,23,27). The number of aromatic nitrogens is 3. The number of ether oxygens (including phenoxy) is 1. The van der Waals surface area contributed by atoms with Crippen LogP contribution in [0.25, 0.3) is 11.4 Å². The molecule has 8 heteroatoms. The summed E-state index contributed by atoms with van der Waals surface area (Å²) in [6, 6.07) is 16.2. The number of benzene rings is 2. The molecule has 152 valence electrons. The van der Waals surface area contributed by atoms with Crippen LogP contribution in [0.15, 0.2) is 59.8 Å². The molecule has 1 atom stereocenters. The number of hydrogen-bond acceptors (Lipinski definition) is 5. The second kappa shape index (κ2) is 10.2. The molecule has 1 aromatic heterocycles. The van der Waals surface area contributed by atoms with Crippen LogP contribution in [0.4, 0.5) is 4.39 Å². The van der Waals surface area contributed by atoms with Crippen molar-refractivity contribution in [2.24, 2.45) is 0 Å². The summed E-state index contributed by atoms with van der Waals surface area (Å²) in [4.78, 5) is 12.2. The Labute approximate surface area is 173 Å². The largest absolute Gasteiger partial charge is 0.383 e. The van der Waals surface area contributed by atoms with Gasteiger partial charge in [0.1, 0.15) is 5.82 Å². The molecule has 0 fully saturated rings. The number of amides is 1. The van der Waals surface area contributed by atoms with Crippen LogP contribution in [0.2, 0.25) is 0 Å². The Bertz CT molecular complexity index is 949. The van der Waals surface area contributed by atoms with Gasteiger partial charge >= 0.3 is 0 Å². The van der Waals surface area contributed by atoms with Gasteiger partial charge in [-0.1, -0.05) is 54.2 Å². The van der Waals surface area contributed by atoms with E-state index in [0.717, 1.165) is 5.56 Å². The number of hydrogen-bond donors (Lipinski definition) is 1. The average molecular weight is 415 g/mol. The van der Waals surface area contributed by atoms with Gasteiger partial charge in [0.15, 0.2) is 11.0 Å². The van der Waals surface area contributed by atoms with Gasteiger partial charge in [0.25, 0.3) is 0 Å². The molecule has 2 aromatic carbocycles. The van der Waals surface area contributed by atoms with Gasteiger partial charge in [0.2, 0.25) is 5.91 Å². The van der Waals surface area contributed by atoms with Crippen molar-refractivity contribution in [3.63, 3.8) is 0 Å². The van der Waals surface area contributed by atoms with Crippen LogP contribution in [-0.4, -0.2) is 46.2 Å². The smallest absolute Gasteiger partial charge is 0.230 e. The monoisotopic (exact) mass is 414 g/mol. The summed E-state index contributed by atoms with van der Waals surface area (Å²) >= 11 is 1.27. The number of carbonyl (C=O) groups is 1. The average Bonchev–Trinajstić information content (AvgIpc) is 3.10. The van der Waals surface area contributed by atoms with Crippen LogP contribution in [0.5, 0.6) is 0 Å². The molecule has 0 aliphatic rings. The number of halogens is 1. The number of thioether (sulfide) groups is 1. The van der Waals surface area contributed by atoms with Crippen LogP contribution in [0, 0.1) is 5.82 Å². The Morgan fingerprint density at radius 1 is 1.17 bits per heavy atom. The van der Waals surface area contributed by atoms with Crippen molar-refractivity contribution in [1.29, 1.82) is 0 Å². The molecule has 0 saturated carbocycles. The van der Waals surface area contributed by atoms with E-state index in [1.807, 2.05) is 41.8 Å². The van der Waals surface area contributed by atoms with Crippen molar-refractivity contribution in [1.82, 2.24) is 20.1 Å². The lowest BCUT2D eigenvalue weighted by atomic mass is 10.2. The lowest BCUT2D eigenvalue weighted by molar-refractivity contribution is -0.119. The Kier molecular flexibility index (Phi) is 7.37. The quantitative estimate of drug-likeness (QED) is 0.544. The first kappa shape index (κ1) is 21.0. The first-order chi connectivity index (χ1) is 14.1. The third-order valence-corrected chi connectivity index (χ3v) is 5.14. The molecule has 1 heterocycles. The van der Waals surface area contributed by atoms with Crippen molar-refractivity contribution in [2.75, 3.05) is 19.5 Å². The maximum atomic E-state index is 14.4. The highest BCUT2D eigenvalue weighted by atomic mass is 32.2. The molecule has 0 spiro atoms. The molecule has 0 saturated heterocycles. The minimum absolute atomic E-state index is 0.0794. The van der Waals surface area contributed by atoms with Gasteiger partial charge in [0.05, 0.1) is 24.5 Å². The molecule has 0 aliphatic carbocycles. The van der Waals surface area contributed by atoms with Gasteiger partial charge in [-0.3, -0.25) is 9.36 Å². The zero-order valence-electron chi connectivity index (χ0n) is 16.3. The molecule has 6 nitrogen and oxygen atoms in total. The Morgan fingerprint density at radius 3 is 2.62 bits per heavy atom. The third-order valence-electron chi connectivity index (χ3n) is 4.17. The van der Waals surface area contributed by atoms with Gasteiger partial charge in [-0.25, -0.2) is 4.39 Å². The van der Waals surface area contributed by atoms with E-state index in [1.165, 1.54) is 17.8 Å². The van der Waals surface area contributed by atoms with Gasteiger partial charge < -0.3 is 10.1 Å². The predicted octanol–water partition coefficient (Wildman–Crippen LogP) is 3.38. The summed E-state index contributed by atoms with van der Waals surface area (Å²) in [5.74, 6) is 0.124. The number of methoxy groups -OCH3 is 1.